The zero-order valence-corrected chi connectivity index (χ0v) is 41.1. The maximum Gasteiger partial charge on any atom is 0.246 e. The minimum absolute atomic E-state index is 0.0257. The van der Waals surface area contributed by atoms with E-state index in [1.165, 1.54) is 24.0 Å². The molecule has 2 saturated heterocycles. The molecule has 9 atom stereocenters. The van der Waals surface area contributed by atoms with Crippen LogP contribution in [0.5, 0.6) is 5.75 Å². The van der Waals surface area contributed by atoms with Crippen LogP contribution >= 0.6 is 21.6 Å². The maximum atomic E-state index is 14.5. The number of phenolic OH excluding ortho intramolecular Hbond substituents is 1. The molecule has 69 heavy (non-hydrogen) atoms. The van der Waals surface area contributed by atoms with Gasteiger partial charge in [0, 0.05) is 37.3 Å². The van der Waals surface area contributed by atoms with Crippen LogP contribution in [0.3, 0.4) is 0 Å². The topological polar surface area (TPSA) is 374 Å². The van der Waals surface area contributed by atoms with Crippen LogP contribution in [0.25, 0.3) is 0 Å². The molecule has 3 rings (SSSR count). The van der Waals surface area contributed by atoms with Gasteiger partial charge in [0.25, 0.3) is 0 Å². The van der Waals surface area contributed by atoms with E-state index >= 15 is 0 Å². The zero-order valence-electron chi connectivity index (χ0n) is 39.5. The Morgan fingerprint density at radius 2 is 1.43 bits per heavy atom. The number of amides is 11. The van der Waals surface area contributed by atoms with Crippen LogP contribution in [0, 0.1) is 11.8 Å². The Hall–Kier alpha value is -6.11. The van der Waals surface area contributed by atoms with Crippen LogP contribution < -0.4 is 54.4 Å². The number of nitrogens with zero attached hydrogens (tertiary/aromatic N) is 1. The van der Waals surface area contributed by atoms with Gasteiger partial charge in [0.2, 0.25) is 65.0 Å². The second kappa shape index (κ2) is 27.8. The van der Waals surface area contributed by atoms with E-state index < -0.39 is 132 Å². The molecule has 0 unspecified atom stereocenters. The lowest BCUT2D eigenvalue weighted by Gasteiger charge is -2.31. The van der Waals surface area contributed by atoms with Crippen molar-refractivity contribution >= 4 is 86.6 Å². The van der Waals surface area contributed by atoms with Gasteiger partial charge in [-0.15, -0.1) is 0 Å². The molecular weight excluding hydrogens is 939 g/mol. The van der Waals surface area contributed by atoms with Crippen molar-refractivity contribution in [3.63, 3.8) is 0 Å². The third kappa shape index (κ3) is 18.7. The SMILES string of the molecule is CC[C@H](C)[C@@H]1NC(=O)[C@H](Cc2ccc(O)cc2)NC(=O)CCSSC[C@@H](C(=O)N2CCC[C@H]2C(=O)N[C@@H](CC(C)C)C(=O)N[C@@H](C)C(N)=O)NC(=O)[C@H](CC(N)=O)NC(=O)[C@H](CCC(N)=O)NC1=O. The van der Waals surface area contributed by atoms with E-state index in [4.69, 9.17) is 17.2 Å². The third-order valence-corrected chi connectivity index (χ3v) is 13.9. The van der Waals surface area contributed by atoms with Gasteiger partial charge in [-0.3, -0.25) is 52.7 Å². The molecule has 0 aromatic heterocycles. The molecule has 14 N–H and O–H groups in total. The van der Waals surface area contributed by atoms with Crippen molar-refractivity contribution in [2.45, 2.75) is 141 Å². The molecule has 1 aromatic carbocycles. The quantitative estimate of drug-likeness (QED) is 0.0742. The molecular formula is C44H67N11O12S2. The monoisotopic (exact) mass is 1010 g/mol. The molecule has 2 aliphatic heterocycles. The van der Waals surface area contributed by atoms with Gasteiger partial charge in [-0.05, 0) is 62.1 Å². The predicted octanol–water partition coefficient (Wildman–Crippen LogP) is -2.16. The Kier molecular flexibility index (Phi) is 23.0. The Labute approximate surface area is 408 Å². The van der Waals surface area contributed by atoms with E-state index in [9.17, 15) is 57.8 Å². The number of phenols is 1. The predicted molar refractivity (Wildman–Crippen MR) is 256 cm³/mol. The summed E-state index contributed by atoms with van der Waals surface area (Å²) in [6.07, 6.45) is -0.650. The Bertz CT molecular complexity index is 2050. The number of nitrogens with one attached hydrogen (secondary N) is 7. The van der Waals surface area contributed by atoms with E-state index in [2.05, 4.69) is 37.2 Å². The van der Waals surface area contributed by atoms with E-state index in [1.54, 1.807) is 26.0 Å². The highest BCUT2D eigenvalue weighted by Crippen LogP contribution is 2.26. The fourth-order valence-corrected chi connectivity index (χ4v) is 9.56. The van der Waals surface area contributed by atoms with Crippen molar-refractivity contribution in [3.05, 3.63) is 29.8 Å². The van der Waals surface area contributed by atoms with Crippen molar-refractivity contribution in [3.8, 4) is 5.75 Å². The molecule has 11 amide bonds. The first-order valence-corrected chi connectivity index (χ1v) is 25.3. The summed E-state index contributed by atoms with van der Waals surface area (Å²) in [4.78, 5) is 148. The number of rotatable bonds is 17. The number of carbonyl (C=O) groups is 11. The second-order valence-electron chi connectivity index (χ2n) is 17.6. The summed E-state index contributed by atoms with van der Waals surface area (Å²) >= 11 is 0. The second-order valence-corrected chi connectivity index (χ2v) is 20.2. The molecule has 23 nitrogen and oxygen atoms in total. The summed E-state index contributed by atoms with van der Waals surface area (Å²) < 4.78 is 0. The van der Waals surface area contributed by atoms with Crippen LogP contribution in [0.15, 0.2) is 24.3 Å². The number of hydrogen-bond acceptors (Lipinski definition) is 14. The first kappa shape index (κ1) is 57.2. The van der Waals surface area contributed by atoms with E-state index in [0.717, 1.165) is 21.6 Å². The Morgan fingerprint density at radius 3 is 2.04 bits per heavy atom. The first-order chi connectivity index (χ1) is 32.5. The lowest BCUT2D eigenvalue weighted by Crippen LogP contribution is -2.61. The molecule has 1 aromatic rings. The highest BCUT2D eigenvalue weighted by molar-refractivity contribution is 8.76. The smallest absolute Gasteiger partial charge is 0.246 e. The molecule has 2 aliphatic rings. The lowest BCUT2D eigenvalue weighted by atomic mass is 9.96. The van der Waals surface area contributed by atoms with Crippen LogP contribution in [0.4, 0.5) is 0 Å². The maximum absolute atomic E-state index is 14.5. The summed E-state index contributed by atoms with van der Waals surface area (Å²) in [6, 6.07) is -4.50. The number of carbonyl (C=O) groups excluding carboxylic acids is 11. The number of likely N-dealkylation sites (tertiary alicyclic amines) is 1. The van der Waals surface area contributed by atoms with Gasteiger partial charge in [0.05, 0.1) is 6.42 Å². The van der Waals surface area contributed by atoms with Crippen molar-refractivity contribution in [1.82, 2.24) is 42.1 Å². The summed E-state index contributed by atoms with van der Waals surface area (Å²) in [5, 5.41) is 28.0. The molecule has 0 radical (unpaired) electrons. The van der Waals surface area contributed by atoms with E-state index in [-0.39, 0.29) is 61.8 Å². The van der Waals surface area contributed by atoms with Crippen molar-refractivity contribution in [1.29, 1.82) is 0 Å². The number of benzene rings is 1. The largest absolute Gasteiger partial charge is 0.508 e. The number of aromatic hydroxyl groups is 1. The molecule has 0 aliphatic carbocycles. The molecule has 25 heteroatoms. The van der Waals surface area contributed by atoms with E-state index in [1.807, 2.05) is 13.8 Å². The molecule has 0 bridgehead atoms. The van der Waals surface area contributed by atoms with Gasteiger partial charge in [-0.2, -0.15) is 0 Å². The average molecular weight is 1010 g/mol. The zero-order chi connectivity index (χ0) is 51.5. The minimum atomic E-state index is -1.73. The minimum Gasteiger partial charge on any atom is -0.508 e. The van der Waals surface area contributed by atoms with Crippen LogP contribution in [0.1, 0.15) is 91.5 Å². The number of hydrogen-bond donors (Lipinski definition) is 11. The fraction of sp³-hybridized carbons (Fsp3) is 0.614. The molecule has 0 spiro atoms. The van der Waals surface area contributed by atoms with Gasteiger partial charge in [-0.1, -0.05) is 67.8 Å². The van der Waals surface area contributed by atoms with Crippen LogP contribution in [-0.2, 0) is 59.2 Å². The van der Waals surface area contributed by atoms with Gasteiger partial charge in [0.15, 0.2) is 0 Å². The van der Waals surface area contributed by atoms with Crippen LogP contribution in [-0.4, -0.2) is 141 Å². The lowest BCUT2D eigenvalue weighted by molar-refractivity contribution is -0.142. The standard InChI is InChI=1S/C44H67N11O12S2/c1-6-23(4)36-43(66)50-27(13-14-33(45)57)38(61)51-30(20-34(46)58)40(63)53-31(21-69-68-17-15-35(59)49-29(41(64)54-36)19-25-9-11-26(56)12-10-25)44(67)55-16-7-8-32(55)42(65)52-28(18-22(2)3)39(62)48-24(5)37(47)60/h9-12,22-24,27-32,36,56H,6-8,13-21H2,1-5H3,(H2,45,57)(H2,46,58)(H2,47,60)(H,48,62)(H,49,59)(H,50,66)(H,51,61)(H,52,65)(H,53,63)(H,54,64)/t23-,24-,27-,28-,29-,30-,31-,32-,36-/m0/s1. The molecule has 382 valence electrons. The summed E-state index contributed by atoms with van der Waals surface area (Å²) in [5.41, 5.74) is 16.8. The molecule has 2 fully saturated rings. The summed E-state index contributed by atoms with van der Waals surface area (Å²) in [6.45, 7) is 8.54. The van der Waals surface area contributed by atoms with Gasteiger partial charge >= 0.3 is 0 Å². The average Bonchev–Trinajstić information content (AvgIpc) is 3.78. The van der Waals surface area contributed by atoms with E-state index in [0.29, 0.717) is 18.4 Å². The summed E-state index contributed by atoms with van der Waals surface area (Å²) in [5.74, 6) is -9.61. The van der Waals surface area contributed by atoms with Gasteiger partial charge in [0.1, 0.15) is 54.1 Å². The van der Waals surface area contributed by atoms with Gasteiger partial charge in [-0.25, -0.2) is 0 Å². The van der Waals surface area contributed by atoms with Crippen molar-refractivity contribution in [2.75, 3.05) is 18.1 Å². The van der Waals surface area contributed by atoms with Gasteiger partial charge < -0.3 is 64.4 Å². The number of nitrogens with two attached hydrogens (primary N) is 3. The number of primary amides is 3. The normalized spacial score (nSPS) is 23.7. The molecule has 0 saturated carbocycles. The molecule has 2 heterocycles. The first-order valence-electron chi connectivity index (χ1n) is 22.8. The van der Waals surface area contributed by atoms with Crippen LogP contribution in [0.2, 0.25) is 0 Å². The highest BCUT2D eigenvalue weighted by atomic mass is 33.1. The van der Waals surface area contributed by atoms with Crippen molar-refractivity contribution < 1.29 is 57.8 Å². The Balaban J connectivity index is 2.02. The van der Waals surface area contributed by atoms with Crippen molar-refractivity contribution in [2.24, 2.45) is 29.0 Å². The Morgan fingerprint density at radius 1 is 0.797 bits per heavy atom. The highest BCUT2D eigenvalue weighted by Gasteiger charge is 2.41. The summed E-state index contributed by atoms with van der Waals surface area (Å²) in [7, 11) is 2.24. The fourth-order valence-electron chi connectivity index (χ4n) is 7.41. The third-order valence-electron chi connectivity index (χ3n) is 11.5.